The fraction of sp³-hybridized carbons (Fsp3) is 0.500. The Labute approximate surface area is 106 Å². The average molecular weight is 244 g/mol. The molecule has 0 aliphatic carbocycles. The van der Waals surface area contributed by atoms with Crippen LogP contribution < -0.4 is 5.32 Å². The molecule has 4 heteroatoms. The van der Waals surface area contributed by atoms with Crippen LogP contribution in [0, 0.1) is 0 Å². The van der Waals surface area contributed by atoms with Crippen LogP contribution in [-0.2, 0) is 11.3 Å². The maximum atomic E-state index is 6.06. The van der Waals surface area contributed by atoms with Gasteiger partial charge >= 0.3 is 0 Å². The molecule has 1 fully saturated rings. The molecule has 0 saturated carbocycles. The third kappa shape index (κ3) is 1.49. The number of aromatic nitrogens is 2. The van der Waals surface area contributed by atoms with Gasteiger partial charge in [0.05, 0.1) is 30.9 Å². The van der Waals surface area contributed by atoms with Gasteiger partial charge in [0, 0.05) is 18.2 Å². The Kier molecular flexibility index (Phi) is 2.38. The van der Waals surface area contributed by atoms with Gasteiger partial charge in [-0.25, -0.2) is 0 Å². The molecule has 2 aromatic rings. The predicted molar refractivity (Wildman–Crippen MR) is 68.2 cm³/mol. The lowest BCUT2D eigenvalue weighted by Crippen LogP contribution is -2.88. The van der Waals surface area contributed by atoms with Crippen LogP contribution >= 0.6 is 0 Å². The van der Waals surface area contributed by atoms with E-state index in [-0.39, 0.29) is 6.10 Å². The molecular weight excluding hydrogens is 226 g/mol. The topological polar surface area (TPSA) is 43.7 Å². The van der Waals surface area contributed by atoms with Crippen molar-refractivity contribution in [2.24, 2.45) is 0 Å². The molecule has 0 amide bonds. The lowest BCUT2D eigenvalue weighted by atomic mass is 10.0. The minimum atomic E-state index is 0.216. The SMILES string of the molecule is c1ccc2c3n(nc2c1)CCOC3C1CCC[NH2+]1. The van der Waals surface area contributed by atoms with E-state index in [2.05, 4.69) is 34.3 Å². The quantitative estimate of drug-likeness (QED) is 0.807. The second-order valence-corrected chi connectivity index (χ2v) is 5.25. The van der Waals surface area contributed by atoms with Gasteiger partial charge in [0.15, 0.2) is 6.10 Å². The summed E-state index contributed by atoms with van der Waals surface area (Å²) in [5.41, 5.74) is 2.39. The van der Waals surface area contributed by atoms with Crippen LogP contribution in [0.5, 0.6) is 0 Å². The Hall–Kier alpha value is -1.39. The number of quaternary nitrogens is 1. The second kappa shape index (κ2) is 4.07. The Morgan fingerprint density at radius 2 is 2.28 bits per heavy atom. The number of nitrogens with zero attached hydrogens (tertiary/aromatic N) is 2. The molecule has 94 valence electrons. The van der Waals surface area contributed by atoms with Crippen LogP contribution in [0.25, 0.3) is 10.9 Å². The fourth-order valence-electron chi connectivity index (χ4n) is 3.32. The molecule has 2 aliphatic rings. The predicted octanol–water partition coefficient (Wildman–Crippen LogP) is 0.833. The molecule has 2 aliphatic heterocycles. The molecule has 2 atom stereocenters. The molecule has 3 heterocycles. The Bertz CT molecular complexity index is 571. The van der Waals surface area contributed by atoms with Gasteiger partial charge in [-0.05, 0) is 6.07 Å². The van der Waals surface area contributed by atoms with Gasteiger partial charge in [0.1, 0.15) is 6.04 Å². The van der Waals surface area contributed by atoms with Crippen LogP contribution in [0.4, 0.5) is 0 Å². The number of nitrogens with two attached hydrogens (primary N) is 1. The van der Waals surface area contributed by atoms with Crippen molar-refractivity contribution in [2.45, 2.75) is 31.5 Å². The van der Waals surface area contributed by atoms with Gasteiger partial charge in [0.2, 0.25) is 0 Å². The lowest BCUT2D eigenvalue weighted by Gasteiger charge is -2.27. The summed E-state index contributed by atoms with van der Waals surface area (Å²) < 4.78 is 8.22. The van der Waals surface area contributed by atoms with Gasteiger partial charge in [-0.3, -0.25) is 4.68 Å². The molecule has 4 rings (SSSR count). The number of hydrogen-bond donors (Lipinski definition) is 1. The molecular formula is C14H18N3O+. The Morgan fingerprint density at radius 1 is 1.33 bits per heavy atom. The minimum absolute atomic E-state index is 0.216. The normalized spacial score (nSPS) is 27.6. The Morgan fingerprint density at radius 3 is 3.17 bits per heavy atom. The fourth-order valence-corrected chi connectivity index (χ4v) is 3.32. The van der Waals surface area contributed by atoms with Crippen molar-refractivity contribution in [3.05, 3.63) is 30.0 Å². The molecule has 2 N–H and O–H groups in total. The third-order valence-corrected chi connectivity index (χ3v) is 4.16. The van der Waals surface area contributed by atoms with E-state index in [0.717, 1.165) is 18.7 Å². The highest BCUT2D eigenvalue weighted by atomic mass is 16.5. The summed E-state index contributed by atoms with van der Waals surface area (Å²) in [5.74, 6) is 0. The van der Waals surface area contributed by atoms with Crippen molar-refractivity contribution >= 4 is 10.9 Å². The van der Waals surface area contributed by atoms with Gasteiger partial charge < -0.3 is 10.1 Å². The van der Waals surface area contributed by atoms with E-state index in [4.69, 9.17) is 9.84 Å². The van der Waals surface area contributed by atoms with Crippen molar-refractivity contribution < 1.29 is 10.1 Å². The summed E-state index contributed by atoms with van der Waals surface area (Å²) in [6, 6.07) is 8.98. The number of benzene rings is 1. The first kappa shape index (κ1) is 10.5. The van der Waals surface area contributed by atoms with Crippen molar-refractivity contribution in [1.82, 2.24) is 9.78 Å². The molecule has 1 aromatic heterocycles. The Balaban J connectivity index is 1.86. The number of ether oxygens (including phenoxy) is 1. The summed E-state index contributed by atoms with van der Waals surface area (Å²) in [7, 11) is 0. The van der Waals surface area contributed by atoms with E-state index in [1.807, 2.05) is 0 Å². The van der Waals surface area contributed by atoms with Crippen LogP contribution in [-0.4, -0.2) is 29.0 Å². The molecule has 0 radical (unpaired) electrons. The largest absolute Gasteiger partial charge is 0.364 e. The third-order valence-electron chi connectivity index (χ3n) is 4.16. The minimum Gasteiger partial charge on any atom is -0.364 e. The van der Waals surface area contributed by atoms with Crippen LogP contribution in [0.15, 0.2) is 24.3 Å². The summed E-state index contributed by atoms with van der Waals surface area (Å²) >= 11 is 0. The number of fused-ring (bicyclic) bond motifs is 3. The first-order valence-electron chi connectivity index (χ1n) is 6.84. The lowest BCUT2D eigenvalue weighted by molar-refractivity contribution is -0.679. The van der Waals surface area contributed by atoms with E-state index in [1.54, 1.807) is 0 Å². The first-order valence-corrected chi connectivity index (χ1v) is 6.84. The van der Waals surface area contributed by atoms with E-state index < -0.39 is 0 Å². The second-order valence-electron chi connectivity index (χ2n) is 5.25. The molecule has 2 unspecified atom stereocenters. The molecule has 18 heavy (non-hydrogen) atoms. The van der Waals surface area contributed by atoms with Gasteiger partial charge in [-0.1, -0.05) is 18.2 Å². The molecule has 1 aromatic carbocycles. The summed E-state index contributed by atoms with van der Waals surface area (Å²) in [6.45, 7) is 2.90. The molecule has 4 nitrogen and oxygen atoms in total. The van der Waals surface area contributed by atoms with E-state index in [9.17, 15) is 0 Å². The average Bonchev–Trinajstić information content (AvgIpc) is 3.05. The van der Waals surface area contributed by atoms with Gasteiger partial charge in [0.25, 0.3) is 0 Å². The van der Waals surface area contributed by atoms with Crippen molar-refractivity contribution in [1.29, 1.82) is 0 Å². The summed E-state index contributed by atoms with van der Waals surface area (Å²) in [6.07, 6.45) is 2.77. The van der Waals surface area contributed by atoms with E-state index in [0.29, 0.717) is 6.04 Å². The highest BCUT2D eigenvalue weighted by Gasteiger charge is 2.36. The van der Waals surface area contributed by atoms with E-state index in [1.165, 1.54) is 30.5 Å². The van der Waals surface area contributed by atoms with Crippen LogP contribution in [0.1, 0.15) is 24.6 Å². The van der Waals surface area contributed by atoms with Gasteiger partial charge in [-0.2, -0.15) is 5.10 Å². The highest BCUT2D eigenvalue weighted by molar-refractivity contribution is 5.82. The van der Waals surface area contributed by atoms with Crippen LogP contribution in [0.3, 0.4) is 0 Å². The summed E-state index contributed by atoms with van der Waals surface area (Å²) in [4.78, 5) is 0. The molecule has 0 bridgehead atoms. The number of hydrogen-bond acceptors (Lipinski definition) is 2. The van der Waals surface area contributed by atoms with Gasteiger partial charge in [-0.15, -0.1) is 0 Å². The summed E-state index contributed by atoms with van der Waals surface area (Å²) in [5, 5.41) is 8.40. The zero-order chi connectivity index (χ0) is 11.9. The van der Waals surface area contributed by atoms with Crippen molar-refractivity contribution in [3.63, 3.8) is 0 Å². The highest BCUT2D eigenvalue weighted by Crippen LogP contribution is 2.32. The molecule has 1 saturated heterocycles. The zero-order valence-corrected chi connectivity index (χ0v) is 10.4. The van der Waals surface area contributed by atoms with Crippen molar-refractivity contribution in [2.75, 3.05) is 13.2 Å². The zero-order valence-electron chi connectivity index (χ0n) is 10.4. The smallest absolute Gasteiger partial charge is 0.151 e. The maximum Gasteiger partial charge on any atom is 0.151 e. The molecule has 0 spiro atoms. The standard InChI is InChI=1S/C14H17N3O/c1-2-5-11-10(4-1)13-14(12-6-3-7-15-12)18-9-8-17(13)16-11/h1-2,4-5,12,14-15H,3,6-9H2/p+1. The first-order chi connectivity index (χ1) is 8.93. The van der Waals surface area contributed by atoms with Crippen LogP contribution in [0.2, 0.25) is 0 Å². The maximum absolute atomic E-state index is 6.06. The van der Waals surface area contributed by atoms with E-state index >= 15 is 0 Å². The number of rotatable bonds is 1. The monoisotopic (exact) mass is 244 g/mol. The van der Waals surface area contributed by atoms with Crippen molar-refractivity contribution in [3.8, 4) is 0 Å².